The topological polar surface area (TPSA) is 119 Å². The van der Waals surface area contributed by atoms with Gasteiger partial charge < -0.3 is 24.1 Å². The van der Waals surface area contributed by atoms with Crippen molar-refractivity contribution in [2.75, 3.05) is 7.11 Å². The van der Waals surface area contributed by atoms with Crippen molar-refractivity contribution < 1.29 is 33.7 Å². The molecule has 1 aliphatic heterocycles. The molecule has 0 amide bonds. The molecule has 8 heteroatoms. The number of cyclic esters (lactones) is 1. The number of carbonyl (C=O) groups is 2. The Morgan fingerprint density at radius 1 is 1.22 bits per heavy atom. The summed E-state index contributed by atoms with van der Waals surface area (Å²) < 4.78 is 16.0. The molecule has 1 aliphatic carbocycles. The zero-order valence-electron chi connectivity index (χ0n) is 22.5. The van der Waals surface area contributed by atoms with E-state index >= 15 is 0 Å². The number of nitrogens with zero attached hydrogens (tertiary/aromatic N) is 1. The molecule has 2 N–H and O–H groups in total. The molecule has 1 aromatic heterocycles. The van der Waals surface area contributed by atoms with Crippen LogP contribution in [0.25, 0.3) is 6.08 Å². The van der Waals surface area contributed by atoms with Crippen molar-refractivity contribution in [2.45, 2.75) is 85.5 Å². The number of esters is 1. The van der Waals surface area contributed by atoms with Crippen molar-refractivity contribution in [1.29, 1.82) is 0 Å². The molecule has 1 saturated carbocycles. The number of oxazole rings is 1. The standard InChI is InChI=1S/C28H41NO7/c1-15-8-9-22(16(2)11-20-14-35-27(29-20)34-7)36-24(31)13-23(30)28(5,6)26(33)18(4)25(32)17(3)21-12-19(21)10-15/h8,11,14,17-19,21-23,25,30,32H,9-10,12-13H2,1-7H3/b15-8-,16-11+/t17-,18+,19?,21?,22-,23-,25-/m0/s1. The molecule has 0 aromatic carbocycles. The average Bonchev–Trinajstić information content (AvgIpc) is 3.44. The minimum Gasteiger partial charge on any atom is -0.457 e. The smallest absolute Gasteiger partial charge is 0.393 e. The predicted molar refractivity (Wildman–Crippen MR) is 135 cm³/mol. The average molecular weight is 504 g/mol. The quantitative estimate of drug-likeness (QED) is 0.461. The van der Waals surface area contributed by atoms with E-state index in [0.29, 0.717) is 24.0 Å². The van der Waals surface area contributed by atoms with Crippen molar-refractivity contribution in [1.82, 2.24) is 4.98 Å². The molecule has 2 aliphatic rings. The SMILES string of the molecule is COc1nc(/C=C(\C)[C@@H]2C/C=C(/C)CC3CC3[C@H](C)[C@H](O)[C@@H](C)C(=O)C(C)(C)[C@@H](O)CC(=O)O2)co1. The fraction of sp³-hybridized carbons (Fsp3) is 0.679. The number of methoxy groups -OCH3 is 1. The highest BCUT2D eigenvalue weighted by Crippen LogP contribution is 2.50. The number of ether oxygens (including phenoxy) is 2. The minimum atomic E-state index is -1.24. The number of aromatic nitrogens is 1. The third-order valence-electron chi connectivity index (χ3n) is 8.04. The van der Waals surface area contributed by atoms with E-state index in [2.05, 4.69) is 18.0 Å². The number of allylic oxidation sites excluding steroid dienone is 1. The summed E-state index contributed by atoms with van der Waals surface area (Å²) in [5.41, 5.74) is 1.29. The lowest BCUT2D eigenvalue weighted by Crippen LogP contribution is -2.46. The molecular weight excluding hydrogens is 462 g/mol. The summed E-state index contributed by atoms with van der Waals surface area (Å²) in [6, 6.07) is 0. The molecule has 3 rings (SSSR count). The van der Waals surface area contributed by atoms with Crippen LogP contribution in [0.1, 0.15) is 72.9 Å². The van der Waals surface area contributed by atoms with Gasteiger partial charge in [-0.15, -0.1) is 0 Å². The normalized spacial score (nSPS) is 35.9. The van der Waals surface area contributed by atoms with Crippen LogP contribution in [-0.2, 0) is 14.3 Å². The molecule has 200 valence electrons. The van der Waals surface area contributed by atoms with Gasteiger partial charge in [0.1, 0.15) is 23.8 Å². The number of fused-ring (bicyclic) bond motifs is 1. The van der Waals surface area contributed by atoms with E-state index in [-0.39, 0.29) is 24.2 Å². The van der Waals surface area contributed by atoms with Gasteiger partial charge in [-0.1, -0.05) is 39.3 Å². The first-order valence-electron chi connectivity index (χ1n) is 12.8. The Kier molecular flexibility index (Phi) is 8.83. The molecule has 7 atom stereocenters. The number of hydrogen-bond acceptors (Lipinski definition) is 8. The molecule has 2 unspecified atom stereocenters. The summed E-state index contributed by atoms with van der Waals surface area (Å²) in [4.78, 5) is 30.4. The van der Waals surface area contributed by atoms with Crippen LogP contribution in [0.3, 0.4) is 0 Å². The highest BCUT2D eigenvalue weighted by Gasteiger charge is 2.47. The van der Waals surface area contributed by atoms with Crippen LogP contribution in [0.2, 0.25) is 0 Å². The second-order valence-electron chi connectivity index (χ2n) is 11.2. The van der Waals surface area contributed by atoms with Crippen molar-refractivity contribution in [3.05, 3.63) is 29.2 Å². The van der Waals surface area contributed by atoms with Gasteiger partial charge in [0.2, 0.25) is 0 Å². The van der Waals surface area contributed by atoms with Crippen LogP contribution < -0.4 is 4.74 Å². The van der Waals surface area contributed by atoms with Gasteiger partial charge in [-0.2, -0.15) is 4.98 Å². The Morgan fingerprint density at radius 2 is 1.92 bits per heavy atom. The van der Waals surface area contributed by atoms with Crippen LogP contribution in [0.15, 0.2) is 27.9 Å². The number of ketones is 1. The van der Waals surface area contributed by atoms with E-state index in [1.165, 1.54) is 18.9 Å². The molecule has 1 fully saturated rings. The van der Waals surface area contributed by atoms with Gasteiger partial charge in [-0.05, 0) is 56.1 Å². The van der Waals surface area contributed by atoms with Crippen molar-refractivity contribution >= 4 is 17.8 Å². The molecule has 8 nitrogen and oxygen atoms in total. The number of hydrogen-bond donors (Lipinski definition) is 2. The Balaban J connectivity index is 1.88. The third kappa shape index (κ3) is 6.45. The van der Waals surface area contributed by atoms with Crippen LogP contribution >= 0.6 is 0 Å². The number of aliphatic hydroxyl groups excluding tert-OH is 2. The van der Waals surface area contributed by atoms with Gasteiger partial charge in [0, 0.05) is 12.3 Å². The highest BCUT2D eigenvalue weighted by molar-refractivity contribution is 5.88. The van der Waals surface area contributed by atoms with Crippen molar-refractivity contribution in [3.8, 4) is 6.08 Å². The predicted octanol–water partition coefficient (Wildman–Crippen LogP) is 4.35. The summed E-state index contributed by atoms with van der Waals surface area (Å²) in [5.74, 6) is -0.707. The highest BCUT2D eigenvalue weighted by atomic mass is 16.6. The van der Waals surface area contributed by atoms with E-state index in [1.807, 2.05) is 13.8 Å². The second kappa shape index (κ2) is 11.3. The maximum atomic E-state index is 13.3. The number of rotatable bonds is 3. The lowest BCUT2D eigenvalue weighted by Gasteiger charge is -2.34. The molecule has 0 saturated heterocycles. The molecule has 36 heavy (non-hydrogen) atoms. The van der Waals surface area contributed by atoms with Gasteiger partial charge in [0.25, 0.3) is 0 Å². The number of carbonyl (C=O) groups excluding carboxylic acids is 2. The monoisotopic (exact) mass is 503 g/mol. The van der Waals surface area contributed by atoms with Gasteiger partial charge in [0.05, 0.1) is 31.2 Å². The summed E-state index contributed by atoms with van der Waals surface area (Å²) in [7, 11) is 1.47. The largest absolute Gasteiger partial charge is 0.457 e. The molecular formula is C28H41NO7. The summed E-state index contributed by atoms with van der Waals surface area (Å²) in [6.45, 7) is 10.9. The lowest BCUT2D eigenvalue weighted by atomic mass is 9.72. The molecule has 1 aromatic rings. The number of Topliss-reactive ketones (excluding diaryl/α,β-unsaturated/α-hetero) is 1. The van der Waals surface area contributed by atoms with Crippen LogP contribution in [0, 0.1) is 29.1 Å². The maximum absolute atomic E-state index is 13.3. The fourth-order valence-electron chi connectivity index (χ4n) is 5.27. The van der Waals surface area contributed by atoms with Gasteiger partial charge in [-0.25, -0.2) is 0 Å². The van der Waals surface area contributed by atoms with E-state index in [0.717, 1.165) is 18.4 Å². The summed E-state index contributed by atoms with van der Waals surface area (Å²) in [6.07, 6.45) is 4.92. The van der Waals surface area contributed by atoms with Crippen molar-refractivity contribution in [2.24, 2.45) is 29.1 Å². The van der Waals surface area contributed by atoms with E-state index < -0.39 is 35.6 Å². The van der Waals surface area contributed by atoms with E-state index in [1.54, 1.807) is 26.8 Å². The first-order valence-corrected chi connectivity index (χ1v) is 12.8. The van der Waals surface area contributed by atoms with Crippen LogP contribution in [0.4, 0.5) is 0 Å². The lowest BCUT2D eigenvalue weighted by molar-refractivity contribution is -0.154. The van der Waals surface area contributed by atoms with Gasteiger partial charge >= 0.3 is 12.0 Å². The minimum absolute atomic E-state index is 0.0232. The van der Waals surface area contributed by atoms with Crippen molar-refractivity contribution in [3.63, 3.8) is 0 Å². The zero-order valence-corrected chi connectivity index (χ0v) is 22.5. The Labute approximate surface area is 213 Å². The maximum Gasteiger partial charge on any atom is 0.393 e. The Hall–Kier alpha value is -2.45. The number of aliphatic hydroxyl groups is 2. The molecule has 0 bridgehead atoms. The Morgan fingerprint density at radius 3 is 2.56 bits per heavy atom. The summed E-state index contributed by atoms with van der Waals surface area (Å²) >= 11 is 0. The van der Waals surface area contributed by atoms with E-state index in [9.17, 15) is 19.8 Å². The molecule has 0 radical (unpaired) electrons. The Bertz CT molecular complexity index is 1010. The summed E-state index contributed by atoms with van der Waals surface area (Å²) in [5, 5.41) is 21.8. The van der Waals surface area contributed by atoms with Gasteiger partial charge in [-0.3, -0.25) is 9.59 Å². The van der Waals surface area contributed by atoms with Gasteiger partial charge in [0.15, 0.2) is 0 Å². The van der Waals surface area contributed by atoms with E-state index in [4.69, 9.17) is 13.9 Å². The fourth-order valence-corrected chi connectivity index (χ4v) is 5.27. The van der Waals surface area contributed by atoms with Crippen LogP contribution in [-0.4, -0.2) is 52.4 Å². The van der Waals surface area contributed by atoms with Crippen LogP contribution in [0.5, 0.6) is 6.08 Å². The zero-order chi connectivity index (χ0) is 26.8. The second-order valence-corrected chi connectivity index (χ2v) is 11.2. The first kappa shape index (κ1) is 28.1. The third-order valence-corrected chi connectivity index (χ3v) is 8.04. The first-order chi connectivity index (χ1) is 16.8. The molecule has 2 heterocycles. The molecule has 0 spiro atoms.